The fourth-order valence-corrected chi connectivity index (χ4v) is 5.84. The van der Waals surface area contributed by atoms with Crippen molar-refractivity contribution in [2.45, 2.75) is 18.9 Å². The zero-order valence-corrected chi connectivity index (χ0v) is 21.7. The van der Waals surface area contributed by atoms with E-state index in [0.717, 1.165) is 52.2 Å². The van der Waals surface area contributed by atoms with Crippen LogP contribution in [0.2, 0.25) is 0 Å². The minimum absolute atomic E-state index is 0.0508. The monoisotopic (exact) mass is 555 g/mol. The molecule has 2 aromatic carbocycles. The molecule has 2 aliphatic heterocycles. The van der Waals surface area contributed by atoms with Crippen LogP contribution in [0.5, 0.6) is 5.75 Å². The molecule has 0 N–H and O–H groups in total. The summed E-state index contributed by atoms with van der Waals surface area (Å²) in [5, 5.41) is 4.86. The average Bonchev–Trinajstić information content (AvgIpc) is 3.57. The van der Waals surface area contributed by atoms with Gasteiger partial charge < -0.3 is 9.47 Å². The quantitative estimate of drug-likeness (QED) is 0.287. The van der Waals surface area contributed by atoms with Crippen LogP contribution in [0.15, 0.2) is 64.1 Å². The van der Waals surface area contributed by atoms with Crippen LogP contribution >= 0.6 is 39.9 Å². The Morgan fingerprint density at radius 2 is 2.12 bits per heavy atom. The maximum atomic E-state index is 13.2. The number of para-hydroxylation sites is 1. The molecule has 6 nitrogen and oxygen atoms in total. The van der Waals surface area contributed by atoms with E-state index in [0.29, 0.717) is 15.8 Å². The molecule has 3 heterocycles. The molecule has 0 radical (unpaired) electrons. The number of halogens is 1. The molecular weight excluding hydrogens is 534 g/mol. The molecule has 5 rings (SSSR count). The molecule has 0 spiro atoms. The van der Waals surface area contributed by atoms with Gasteiger partial charge in [0.2, 0.25) is 0 Å². The average molecular weight is 557 g/mol. The minimum Gasteiger partial charge on any atom is -0.496 e. The normalized spacial score (nSPS) is 19.4. The first-order valence-corrected chi connectivity index (χ1v) is 12.9. The van der Waals surface area contributed by atoms with Gasteiger partial charge in [-0.15, -0.1) is 0 Å². The largest absolute Gasteiger partial charge is 0.496 e. The van der Waals surface area contributed by atoms with Crippen LogP contribution in [-0.2, 0) is 9.53 Å². The Balaban J connectivity index is 1.53. The molecule has 3 aromatic rings. The number of amides is 1. The predicted octanol–water partition coefficient (Wildman–Crippen LogP) is 5.69. The smallest absolute Gasteiger partial charge is 0.266 e. The predicted molar refractivity (Wildman–Crippen MR) is 142 cm³/mol. The van der Waals surface area contributed by atoms with Crippen LogP contribution in [0.3, 0.4) is 0 Å². The second-order valence-corrected chi connectivity index (χ2v) is 10.5. The molecule has 0 bridgehead atoms. The molecular formula is C25H22BrN3O3S2. The van der Waals surface area contributed by atoms with E-state index in [1.165, 1.54) is 11.8 Å². The molecule has 2 saturated heterocycles. The van der Waals surface area contributed by atoms with Crippen LogP contribution < -0.4 is 4.74 Å². The lowest BCUT2D eigenvalue weighted by Gasteiger charge is -2.18. The number of thiocarbonyl (C=S) groups is 1. The number of ether oxygens (including phenoxy) is 2. The van der Waals surface area contributed by atoms with Gasteiger partial charge in [0.25, 0.3) is 5.91 Å². The van der Waals surface area contributed by atoms with E-state index >= 15 is 0 Å². The molecule has 1 atom stereocenters. The highest BCUT2D eigenvalue weighted by Crippen LogP contribution is 2.37. The van der Waals surface area contributed by atoms with Crippen LogP contribution in [-0.4, -0.2) is 51.3 Å². The van der Waals surface area contributed by atoms with Gasteiger partial charge in [0.15, 0.2) is 0 Å². The van der Waals surface area contributed by atoms with Crippen molar-refractivity contribution in [1.29, 1.82) is 0 Å². The second kappa shape index (κ2) is 10.0. The SMILES string of the molecule is COc1ccc(-c2nn(-c3ccccc3)cc2/C=C2\SC(=S)N(CC3CCCO3)C2=O)cc1Br. The second-order valence-electron chi connectivity index (χ2n) is 7.99. The Kier molecular flexibility index (Phi) is 6.87. The van der Waals surface area contributed by atoms with E-state index < -0.39 is 0 Å². The highest BCUT2D eigenvalue weighted by atomic mass is 79.9. The molecule has 174 valence electrons. The summed E-state index contributed by atoms with van der Waals surface area (Å²) < 4.78 is 14.3. The Hall–Kier alpha value is -2.46. The summed E-state index contributed by atoms with van der Waals surface area (Å²) >= 11 is 10.4. The molecule has 0 saturated carbocycles. The van der Waals surface area contributed by atoms with E-state index in [1.54, 1.807) is 12.0 Å². The van der Waals surface area contributed by atoms with Gasteiger partial charge in [0.05, 0.1) is 34.8 Å². The number of aromatic nitrogens is 2. The fourth-order valence-electron chi connectivity index (χ4n) is 4.03. The van der Waals surface area contributed by atoms with Crippen LogP contribution in [0.4, 0.5) is 0 Å². The van der Waals surface area contributed by atoms with Crippen molar-refractivity contribution in [3.8, 4) is 22.7 Å². The lowest BCUT2D eigenvalue weighted by Crippen LogP contribution is -2.35. The lowest BCUT2D eigenvalue weighted by atomic mass is 10.1. The summed E-state index contributed by atoms with van der Waals surface area (Å²) in [7, 11) is 1.63. The highest BCUT2D eigenvalue weighted by Gasteiger charge is 2.35. The number of rotatable bonds is 6. The molecule has 9 heteroatoms. The summed E-state index contributed by atoms with van der Waals surface area (Å²) in [5.41, 5.74) is 3.43. The summed E-state index contributed by atoms with van der Waals surface area (Å²) in [5.74, 6) is 0.655. The topological polar surface area (TPSA) is 56.6 Å². The number of benzene rings is 2. The molecule has 1 amide bonds. The third-order valence-electron chi connectivity index (χ3n) is 5.76. The van der Waals surface area contributed by atoms with E-state index in [2.05, 4.69) is 15.9 Å². The third-order valence-corrected chi connectivity index (χ3v) is 7.76. The van der Waals surface area contributed by atoms with Gasteiger partial charge in [0, 0.05) is 23.9 Å². The van der Waals surface area contributed by atoms with Gasteiger partial charge in [-0.2, -0.15) is 5.10 Å². The van der Waals surface area contributed by atoms with Crippen LogP contribution in [0, 0.1) is 0 Å². The molecule has 0 aliphatic carbocycles. The van der Waals surface area contributed by atoms with E-state index in [-0.39, 0.29) is 12.0 Å². The van der Waals surface area contributed by atoms with Crippen molar-refractivity contribution in [3.63, 3.8) is 0 Å². The standard InChI is InChI=1S/C25H22BrN3O3S2/c1-31-21-10-9-16(12-20(21)26)23-17(14-29(27-23)18-6-3-2-4-7-18)13-22-24(30)28(25(33)34-22)15-19-8-5-11-32-19/h2-4,6-7,9-10,12-14,19H,5,8,11,15H2,1H3/b22-13-. The van der Waals surface area contributed by atoms with Crippen LogP contribution in [0.1, 0.15) is 18.4 Å². The number of hydrogen-bond acceptors (Lipinski definition) is 6. The van der Waals surface area contributed by atoms with Crippen molar-refractivity contribution in [2.75, 3.05) is 20.3 Å². The number of hydrogen-bond donors (Lipinski definition) is 0. The Bertz CT molecular complexity index is 1270. The number of carbonyl (C=O) groups is 1. The summed E-state index contributed by atoms with van der Waals surface area (Å²) in [6.45, 7) is 1.25. The zero-order chi connectivity index (χ0) is 23.7. The molecule has 1 aromatic heterocycles. The van der Waals surface area contributed by atoms with E-state index in [1.807, 2.05) is 65.5 Å². The number of carbonyl (C=O) groups excluding carboxylic acids is 1. The fraction of sp³-hybridized carbons (Fsp3) is 0.240. The van der Waals surface area contributed by atoms with E-state index in [9.17, 15) is 4.79 Å². The number of thioether (sulfide) groups is 1. The third kappa shape index (κ3) is 4.70. The van der Waals surface area contributed by atoms with E-state index in [4.69, 9.17) is 26.8 Å². The van der Waals surface area contributed by atoms with Crippen molar-refractivity contribution < 1.29 is 14.3 Å². The summed E-state index contributed by atoms with van der Waals surface area (Å²) in [6.07, 6.45) is 5.85. The first kappa shape index (κ1) is 23.3. The lowest BCUT2D eigenvalue weighted by molar-refractivity contribution is -0.123. The molecule has 1 unspecified atom stereocenters. The Morgan fingerprint density at radius 1 is 1.29 bits per heavy atom. The van der Waals surface area contributed by atoms with Crippen molar-refractivity contribution in [1.82, 2.24) is 14.7 Å². The maximum Gasteiger partial charge on any atom is 0.266 e. The Morgan fingerprint density at radius 3 is 2.82 bits per heavy atom. The van der Waals surface area contributed by atoms with Gasteiger partial charge in [0.1, 0.15) is 15.8 Å². The molecule has 2 fully saturated rings. The first-order chi connectivity index (χ1) is 16.5. The van der Waals surface area contributed by atoms with Crippen molar-refractivity contribution >= 4 is 56.2 Å². The van der Waals surface area contributed by atoms with Crippen molar-refractivity contribution in [3.05, 3.63) is 69.7 Å². The van der Waals surface area contributed by atoms with Crippen molar-refractivity contribution in [2.24, 2.45) is 0 Å². The number of methoxy groups -OCH3 is 1. The number of nitrogens with zero attached hydrogens (tertiary/aromatic N) is 3. The van der Waals surface area contributed by atoms with Gasteiger partial charge >= 0.3 is 0 Å². The summed E-state index contributed by atoms with van der Waals surface area (Å²) in [4.78, 5) is 15.5. The van der Waals surface area contributed by atoms with Gasteiger partial charge in [-0.3, -0.25) is 9.69 Å². The Labute approximate surface area is 216 Å². The highest BCUT2D eigenvalue weighted by molar-refractivity contribution is 9.10. The van der Waals surface area contributed by atoms with Crippen LogP contribution in [0.25, 0.3) is 23.0 Å². The minimum atomic E-state index is -0.0835. The summed E-state index contributed by atoms with van der Waals surface area (Å²) in [6, 6.07) is 15.7. The van der Waals surface area contributed by atoms with Gasteiger partial charge in [-0.05, 0) is 65.2 Å². The van der Waals surface area contributed by atoms with Gasteiger partial charge in [-0.25, -0.2) is 4.68 Å². The molecule has 2 aliphatic rings. The molecule has 34 heavy (non-hydrogen) atoms. The maximum absolute atomic E-state index is 13.2. The first-order valence-electron chi connectivity index (χ1n) is 10.9. The van der Waals surface area contributed by atoms with Gasteiger partial charge in [-0.1, -0.05) is 42.2 Å². The zero-order valence-electron chi connectivity index (χ0n) is 18.4.